The summed E-state index contributed by atoms with van der Waals surface area (Å²) in [6, 6.07) is 0.779. The molecule has 3 aliphatic rings. The highest BCUT2D eigenvalue weighted by Gasteiger charge is 2.65. The topological polar surface area (TPSA) is 24.9 Å². The average Bonchev–Trinajstić information content (AvgIpc) is 2.62. The predicted molar refractivity (Wildman–Crippen MR) is 62.1 cm³/mol. The van der Waals surface area contributed by atoms with E-state index in [9.17, 15) is 0 Å². The van der Waals surface area contributed by atoms with Gasteiger partial charge in [-0.05, 0) is 49.9 Å². The number of hydrogen-bond donors (Lipinski definition) is 1. The van der Waals surface area contributed by atoms with Crippen LogP contribution in [-0.4, -0.2) is 11.0 Å². The number of nitrogens with zero attached hydrogens (tertiary/aromatic N) is 1. The van der Waals surface area contributed by atoms with Crippen LogP contribution in [0.5, 0.6) is 0 Å². The molecule has 2 bridgehead atoms. The van der Waals surface area contributed by atoms with Crippen molar-refractivity contribution >= 4 is 16.5 Å². The first-order valence-corrected chi connectivity index (χ1v) is 6.89. The predicted octanol–water partition coefficient (Wildman–Crippen LogP) is 2.91. The molecule has 4 atom stereocenters. The number of aromatic nitrogens is 1. The van der Waals surface area contributed by atoms with E-state index >= 15 is 0 Å². The Kier molecular flexibility index (Phi) is 1.58. The van der Waals surface area contributed by atoms with E-state index < -0.39 is 0 Å². The molecule has 1 aromatic rings. The van der Waals surface area contributed by atoms with Gasteiger partial charge in [-0.1, -0.05) is 0 Å². The summed E-state index contributed by atoms with van der Waals surface area (Å²) in [6.45, 7) is 2.07. The van der Waals surface area contributed by atoms with Crippen LogP contribution in [0.4, 0.5) is 5.13 Å². The fourth-order valence-corrected chi connectivity index (χ4v) is 4.82. The second-order valence-electron chi connectivity index (χ2n) is 5.45. The Morgan fingerprint density at radius 3 is 2.67 bits per heavy atom. The van der Waals surface area contributed by atoms with Gasteiger partial charge >= 0.3 is 0 Å². The van der Waals surface area contributed by atoms with Crippen LogP contribution in [0, 0.1) is 30.6 Å². The Morgan fingerprint density at radius 2 is 2.07 bits per heavy atom. The van der Waals surface area contributed by atoms with E-state index in [1.54, 1.807) is 11.3 Å². The third-order valence-corrected chi connectivity index (χ3v) is 5.54. The Hall–Kier alpha value is -0.570. The maximum absolute atomic E-state index is 4.50. The lowest BCUT2D eigenvalue weighted by Gasteiger charge is -2.08. The third-order valence-electron chi connectivity index (χ3n) is 4.64. The SMILES string of the molecule is Cc1csc(NC2C3C4CCC(C4)C23)n1. The average molecular weight is 220 g/mol. The van der Waals surface area contributed by atoms with E-state index in [0.29, 0.717) is 0 Å². The van der Waals surface area contributed by atoms with Crippen LogP contribution in [0.3, 0.4) is 0 Å². The van der Waals surface area contributed by atoms with E-state index in [1.807, 2.05) is 0 Å². The van der Waals surface area contributed by atoms with E-state index in [-0.39, 0.29) is 0 Å². The summed E-state index contributed by atoms with van der Waals surface area (Å²) in [4.78, 5) is 4.50. The van der Waals surface area contributed by atoms with Crippen LogP contribution >= 0.6 is 11.3 Å². The fourth-order valence-electron chi connectivity index (χ4n) is 4.08. The molecule has 0 spiro atoms. The monoisotopic (exact) mass is 220 g/mol. The molecule has 0 saturated heterocycles. The minimum absolute atomic E-state index is 0.779. The highest BCUT2D eigenvalue weighted by molar-refractivity contribution is 7.13. The third kappa shape index (κ3) is 1.13. The van der Waals surface area contributed by atoms with Crippen LogP contribution in [0.1, 0.15) is 25.0 Å². The lowest BCUT2D eigenvalue weighted by atomic mass is 10.0. The van der Waals surface area contributed by atoms with Gasteiger partial charge in [-0.25, -0.2) is 4.98 Å². The summed E-state index contributed by atoms with van der Waals surface area (Å²) in [6.07, 6.45) is 4.53. The zero-order chi connectivity index (χ0) is 9.99. The molecule has 0 radical (unpaired) electrons. The zero-order valence-corrected chi connectivity index (χ0v) is 9.76. The highest BCUT2D eigenvalue weighted by atomic mass is 32.1. The van der Waals surface area contributed by atoms with Crippen LogP contribution < -0.4 is 5.32 Å². The molecule has 80 valence electrons. The molecule has 0 aromatic carbocycles. The zero-order valence-electron chi connectivity index (χ0n) is 8.94. The number of aryl methyl sites for hydroxylation is 1. The van der Waals surface area contributed by atoms with Gasteiger partial charge in [-0.3, -0.25) is 0 Å². The summed E-state index contributed by atoms with van der Waals surface area (Å²) in [5.41, 5.74) is 1.15. The van der Waals surface area contributed by atoms with Gasteiger partial charge in [-0.15, -0.1) is 11.3 Å². The van der Waals surface area contributed by atoms with Gasteiger partial charge in [0.1, 0.15) is 0 Å². The second-order valence-corrected chi connectivity index (χ2v) is 6.31. The molecule has 0 amide bonds. The van der Waals surface area contributed by atoms with Crippen molar-refractivity contribution in [1.29, 1.82) is 0 Å². The number of thiazole rings is 1. The van der Waals surface area contributed by atoms with Crippen molar-refractivity contribution in [3.63, 3.8) is 0 Å². The summed E-state index contributed by atoms with van der Waals surface area (Å²) in [7, 11) is 0. The lowest BCUT2D eigenvalue weighted by Crippen LogP contribution is -2.12. The van der Waals surface area contributed by atoms with Crippen molar-refractivity contribution in [3.8, 4) is 0 Å². The van der Waals surface area contributed by atoms with Gasteiger partial charge < -0.3 is 5.32 Å². The highest BCUT2D eigenvalue weighted by Crippen LogP contribution is 2.66. The van der Waals surface area contributed by atoms with E-state index in [0.717, 1.165) is 40.5 Å². The number of fused-ring (bicyclic) bond motifs is 5. The molecule has 3 aliphatic carbocycles. The van der Waals surface area contributed by atoms with Gasteiger partial charge in [0.25, 0.3) is 0 Å². The molecule has 0 aliphatic heterocycles. The molecule has 3 saturated carbocycles. The van der Waals surface area contributed by atoms with Crippen molar-refractivity contribution in [2.75, 3.05) is 5.32 Å². The normalized spacial score (nSPS) is 45.5. The summed E-state index contributed by atoms with van der Waals surface area (Å²) < 4.78 is 0. The molecule has 1 aromatic heterocycles. The van der Waals surface area contributed by atoms with Crippen molar-refractivity contribution < 1.29 is 0 Å². The molecule has 4 unspecified atom stereocenters. The largest absolute Gasteiger partial charge is 0.358 e. The van der Waals surface area contributed by atoms with Crippen LogP contribution in [0.2, 0.25) is 0 Å². The molecule has 3 fully saturated rings. The summed E-state index contributed by atoms with van der Waals surface area (Å²) >= 11 is 1.76. The van der Waals surface area contributed by atoms with Gasteiger partial charge in [0, 0.05) is 11.4 Å². The number of nitrogens with one attached hydrogen (secondary N) is 1. The van der Waals surface area contributed by atoms with Crippen molar-refractivity contribution in [2.45, 2.75) is 32.2 Å². The molecule has 3 heteroatoms. The lowest BCUT2D eigenvalue weighted by molar-refractivity contribution is 0.456. The molecule has 2 nitrogen and oxygen atoms in total. The fraction of sp³-hybridized carbons (Fsp3) is 0.750. The number of anilines is 1. The Balaban J connectivity index is 1.50. The molecule has 1 heterocycles. The minimum Gasteiger partial charge on any atom is -0.358 e. The van der Waals surface area contributed by atoms with E-state index in [4.69, 9.17) is 0 Å². The van der Waals surface area contributed by atoms with Crippen molar-refractivity contribution in [1.82, 2.24) is 4.98 Å². The Labute approximate surface area is 94.1 Å². The van der Waals surface area contributed by atoms with Gasteiger partial charge in [0.2, 0.25) is 0 Å². The number of hydrogen-bond acceptors (Lipinski definition) is 3. The summed E-state index contributed by atoms with van der Waals surface area (Å²) in [5.74, 6) is 4.12. The first kappa shape index (κ1) is 8.57. The van der Waals surface area contributed by atoms with Gasteiger partial charge in [-0.2, -0.15) is 0 Å². The second kappa shape index (κ2) is 2.76. The first-order valence-electron chi connectivity index (χ1n) is 6.01. The maximum Gasteiger partial charge on any atom is 0.183 e. The smallest absolute Gasteiger partial charge is 0.183 e. The summed E-state index contributed by atoms with van der Waals surface area (Å²) in [5, 5.41) is 6.93. The molecule has 1 N–H and O–H groups in total. The quantitative estimate of drug-likeness (QED) is 0.829. The van der Waals surface area contributed by atoms with E-state index in [2.05, 4.69) is 22.6 Å². The Bertz CT molecular complexity index is 384. The molecular formula is C12H16N2S. The van der Waals surface area contributed by atoms with Gasteiger partial charge in [0.15, 0.2) is 5.13 Å². The van der Waals surface area contributed by atoms with Crippen LogP contribution in [-0.2, 0) is 0 Å². The molecular weight excluding hydrogens is 204 g/mol. The Morgan fingerprint density at radius 1 is 1.33 bits per heavy atom. The van der Waals surface area contributed by atoms with Crippen molar-refractivity contribution in [3.05, 3.63) is 11.1 Å². The molecule has 15 heavy (non-hydrogen) atoms. The molecule has 4 rings (SSSR count). The first-order chi connectivity index (χ1) is 7.33. The van der Waals surface area contributed by atoms with Crippen LogP contribution in [0.15, 0.2) is 5.38 Å². The van der Waals surface area contributed by atoms with Crippen molar-refractivity contribution in [2.24, 2.45) is 23.7 Å². The van der Waals surface area contributed by atoms with E-state index in [1.165, 1.54) is 19.3 Å². The standard InChI is InChI=1S/C12H16N2S/c1-6-5-15-12(13-6)14-11-9-7-2-3-8(4-7)10(9)11/h5,7-11H,2-4H2,1H3,(H,13,14). The van der Waals surface area contributed by atoms with Gasteiger partial charge in [0.05, 0.1) is 5.69 Å². The van der Waals surface area contributed by atoms with Crippen LogP contribution in [0.25, 0.3) is 0 Å². The minimum atomic E-state index is 0.779. The maximum atomic E-state index is 4.50. The number of rotatable bonds is 2.